The van der Waals surface area contributed by atoms with Gasteiger partial charge in [0.1, 0.15) is 12.3 Å². The summed E-state index contributed by atoms with van der Waals surface area (Å²) in [6.45, 7) is -1.37. The van der Waals surface area contributed by atoms with Gasteiger partial charge in [-0.1, -0.05) is 36.4 Å². The maximum Gasteiger partial charge on any atom is 0.490 e. The second kappa shape index (κ2) is 11.7. The second-order valence-corrected chi connectivity index (χ2v) is 12.9. The molecule has 2 aromatic carbocycles. The molecule has 4 rings (SSSR count). The quantitative estimate of drug-likeness (QED) is 0.196. The fourth-order valence-electron chi connectivity index (χ4n) is 3.67. The molecule has 16 nitrogen and oxygen atoms in total. The predicted octanol–water partition coefficient (Wildman–Crippen LogP) is 1.91. The molecule has 39 heavy (non-hydrogen) atoms. The number of phosphoric acid groups is 3. The van der Waals surface area contributed by atoms with Gasteiger partial charge in [0.05, 0.1) is 19.3 Å². The van der Waals surface area contributed by atoms with E-state index in [9.17, 15) is 43.1 Å². The van der Waals surface area contributed by atoms with Crippen molar-refractivity contribution in [1.29, 1.82) is 0 Å². The molecule has 3 aromatic rings. The van der Waals surface area contributed by atoms with E-state index in [2.05, 4.69) is 13.1 Å². The van der Waals surface area contributed by atoms with E-state index in [1.54, 1.807) is 30.3 Å². The van der Waals surface area contributed by atoms with E-state index in [1.165, 1.54) is 0 Å². The van der Waals surface area contributed by atoms with Crippen molar-refractivity contribution in [2.45, 2.75) is 31.5 Å². The van der Waals surface area contributed by atoms with E-state index in [0.717, 1.165) is 27.6 Å². The van der Waals surface area contributed by atoms with Crippen LogP contribution in [0.4, 0.5) is 0 Å². The van der Waals surface area contributed by atoms with Crippen LogP contribution in [0.25, 0.3) is 10.8 Å². The standard InChI is InChI=1S/C20H23N2O14P3/c23-16-10-19(22-8-7-18(24)21-20(22)25)34-17(16)12-33-38(28,29)36-39(30,31)35-37(26,27)32-11-13-5-6-14-3-1-2-4-15(14)9-13/h1-9,16-17,19,23H,10-12H2,(H,26,27)(H,28,29)(H,30,31)(H,21,24,25)/t16?,17-,19-/m1/s1. The Morgan fingerprint density at radius 3 is 2.28 bits per heavy atom. The highest BCUT2D eigenvalue weighted by molar-refractivity contribution is 7.66. The van der Waals surface area contributed by atoms with Crippen LogP contribution in [0.3, 0.4) is 0 Å². The Morgan fingerprint density at radius 2 is 1.59 bits per heavy atom. The van der Waals surface area contributed by atoms with Crippen molar-refractivity contribution in [3.05, 3.63) is 81.1 Å². The minimum absolute atomic E-state index is 0.166. The number of benzene rings is 2. The van der Waals surface area contributed by atoms with Gasteiger partial charge in [-0.15, -0.1) is 0 Å². The van der Waals surface area contributed by atoms with Gasteiger partial charge in [-0.25, -0.2) is 18.5 Å². The van der Waals surface area contributed by atoms with Crippen molar-refractivity contribution in [3.8, 4) is 0 Å². The largest absolute Gasteiger partial charge is 0.490 e. The monoisotopic (exact) mass is 608 g/mol. The minimum Gasteiger partial charge on any atom is -0.390 e. The van der Waals surface area contributed by atoms with Gasteiger partial charge in [0.25, 0.3) is 5.56 Å². The van der Waals surface area contributed by atoms with Crippen LogP contribution in [0.15, 0.2) is 64.3 Å². The number of H-pyrrole nitrogens is 1. The van der Waals surface area contributed by atoms with Gasteiger partial charge in [0, 0.05) is 18.7 Å². The van der Waals surface area contributed by atoms with Gasteiger partial charge < -0.3 is 24.5 Å². The summed E-state index contributed by atoms with van der Waals surface area (Å²) < 4.78 is 60.2. The number of aliphatic hydroxyl groups is 1. The molecule has 2 heterocycles. The molecule has 1 aromatic heterocycles. The number of aromatic amines is 1. The number of nitrogens with one attached hydrogen (secondary N) is 1. The molecule has 0 amide bonds. The van der Waals surface area contributed by atoms with Crippen molar-refractivity contribution in [2.75, 3.05) is 6.61 Å². The summed E-state index contributed by atoms with van der Waals surface area (Å²) in [7, 11) is -16.4. The van der Waals surface area contributed by atoms with Crippen LogP contribution in [0.1, 0.15) is 18.2 Å². The first-order valence-corrected chi connectivity index (χ1v) is 15.5. The number of hydrogen-bond acceptors (Lipinski definition) is 11. The summed E-state index contributed by atoms with van der Waals surface area (Å²) in [6.07, 6.45) is -2.72. The first-order valence-electron chi connectivity index (χ1n) is 11.0. The van der Waals surface area contributed by atoms with Crippen LogP contribution < -0.4 is 11.2 Å². The highest BCUT2D eigenvalue weighted by atomic mass is 31.3. The number of fused-ring (bicyclic) bond motifs is 1. The lowest BCUT2D eigenvalue weighted by atomic mass is 10.1. The van der Waals surface area contributed by atoms with Gasteiger partial charge in [-0.2, -0.15) is 8.62 Å². The highest BCUT2D eigenvalue weighted by Gasteiger charge is 2.44. The molecule has 0 saturated carbocycles. The fraction of sp³-hybridized carbons (Fsp3) is 0.300. The number of nitrogens with zero attached hydrogens (tertiary/aromatic N) is 1. The van der Waals surface area contributed by atoms with Gasteiger partial charge >= 0.3 is 29.2 Å². The minimum atomic E-state index is -5.70. The topological polar surface area (TPSA) is 233 Å². The number of rotatable bonds is 11. The maximum atomic E-state index is 12.2. The van der Waals surface area contributed by atoms with E-state index < -0.39 is 66.4 Å². The molecule has 1 saturated heterocycles. The molecular formula is C20H23N2O14P3. The van der Waals surface area contributed by atoms with E-state index in [1.807, 2.05) is 17.1 Å². The third-order valence-electron chi connectivity index (χ3n) is 5.39. The molecule has 1 fully saturated rings. The van der Waals surface area contributed by atoms with Gasteiger partial charge in [0.15, 0.2) is 0 Å². The van der Waals surface area contributed by atoms with Gasteiger partial charge in [-0.05, 0) is 22.4 Å². The molecule has 5 N–H and O–H groups in total. The van der Waals surface area contributed by atoms with Crippen molar-refractivity contribution in [3.63, 3.8) is 0 Å². The average Bonchev–Trinajstić information content (AvgIpc) is 3.20. The van der Waals surface area contributed by atoms with Crippen LogP contribution in [0, 0.1) is 0 Å². The molecule has 19 heteroatoms. The molecule has 0 spiro atoms. The normalized spacial score (nSPS) is 24.2. The lowest BCUT2D eigenvalue weighted by Crippen LogP contribution is -2.31. The Kier molecular flexibility index (Phi) is 8.89. The Morgan fingerprint density at radius 1 is 0.923 bits per heavy atom. The molecule has 6 atom stereocenters. The Labute approximate surface area is 219 Å². The molecule has 0 bridgehead atoms. The Balaban J connectivity index is 1.30. The summed E-state index contributed by atoms with van der Waals surface area (Å²) in [5.41, 5.74) is -1.06. The summed E-state index contributed by atoms with van der Waals surface area (Å²) in [5.74, 6) is 0. The van der Waals surface area contributed by atoms with E-state index in [0.29, 0.717) is 5.56 Å². The number of aromatic nitrogens is 2. The number of phosphoric ester groups is 2. The molecule has 212 valence electrons. The molecular weight excluding hydrogens is 585 g/mol. The Bertz CT molecular complexity index is 1610. The van der Waals surface area contributed by atoms with E-state index in [4.69, 9.17) is 9.26 Å². The first-order chi connectivity index (χ1) is 18.2. The summed E-state index contributed by atoms with van der Waals surface area (Å²) in [6, 6.07) is 13.3. The van der Waals surface area contributed by atoms with Crippen LogP contribution in [0.5, 0.6) is 0 Å². The zero-order valence-corrected chi connectivity index (χ0v) is 22.4. The smallest absolute Gasteiger partial charge is 0.390 e. The van der Waals surface area contributed by atoms with E-state index in [-0.39, 0.29) is 6.42 Å². The summed E-state index contributed by atoms with van der Waals surface area (Å²) in [4.78, 5) is 54.5. The summed E-state index contributed by atoms with van der Waals surface area (Å²) in [5, 5.41) is 11.8. The number of hydrogen-bond donors (Lipinski definition) is 5. The molecule has 0 aliphatic carbocycles. The van der Waals surface area contributed by atoms with E-state index >= 15 is 0 Å². The van der Waals surface area contributed by atoms with Crippen LogP contribution in [0.2, 0.25) is 0 Å². The zero-order chi connectivity index (χ0) is 28.4. The lowest BCUT2D eigenvalue weighted by Gasteiger charge is -2.20. The van der Waals surface area contributed by atoms with Gasteiger partial charge in [0.2, 0.25) is 0 Å². The van der Waals surface area contributed by atoms with Crippen molar-refractivity contribution < 1.29 is 55.9 Å². The Hall–Kier alpha value is -2.29. The molecule has 1 aliphatic rings. The molecule has 1 aliphatic heterocycles. The third kappa shape index (κ3) is 8.12. The van der Waals surface area contributed by atoms with Crippen molar-refractivity contribution >= 4 is 34.2 Å². The fourth-order valence-corrected chi connectivity index (χ4v) is 7.16. The molecule has 0 radical (unpaired) electrons. The number of aliphatic hydroxyl groups excluding tert-OH is 1. The SMILES string of the molecule is O=c1ccn([C@H]2CC(O)[C@@H](COP(=O)(O)OP(=O)(O)OP(=O)(O)OCc3ccc4ccccc4c3)O2)c(=O)[nH]1. The van der Waals surface area contributed by atoms with Crippen molar-refractivity contribution in [2.24, 2.45) is 0 Å². The maximum absolute atomic E-state index is 12.2. The van der Waals surface area contributed by atoms with Crippen molar-refractivity contribution in [1.82, 2.24) is 9.55 Å². The van der Waals surface area contributed by atoms with Crippen LogP contribution >= 0.6 is 23.5 Å². The van der Waals surface area contributed by atoms with Crippen LogP contribution in [-0.4, -0.2) is 48.2 Å². The zero-order valence-electron chi connectivity index (χ0n) is 19.7. The van der Waals surface area contributed by atoms with Crippen LogP contribution in [-0.2, 0) is 42.7 Å². The van der Waals surface area contributed by atoms with Gasteiger partial charge in [-0.3, -0.25) is 23.4 Å². The third-order valence-corrected chi connectivity index (χ3v) is 9.62. The second-order valence-electron chi connectivity index (χ2n) is 8.27. The average molecular weight is 608 g/mol. The predicted molar refractivity (Wildman–Crippen MR) is 132 cm³/mol. The number of ether oxygens (including phenoxy) is 1. The lowest BCUT2D eigenvalue weighted by molar-refractivity contribution is -0.0450. The summed E-state index contributed by atoms with van der Waals surface area (Å²) >= 11 is 0. The highest BCUT2D eigenvalue weighted by Crippen LogP contribution is 2.67. The first kappa shape index (κ1) is 29.7. The molecule has 4 unspecified atom stereocenters.